The van der Waals surface area contributed by atoms with Crippen LogP contribution in [0.3, 0.4) is 0 Å². The number of piperazine rings is 1. The summed E-state index contributed by atoms with van der Waals surface area (Å²) in [5.41, 5.74) is 0. The lowest BCUT2D eigenvalue weighted by Gasteiger charge is -2.22. The molecule has 1 aliphatic rings. The molecule has 66 valence electrons. The van der Waals surface area contributed by atoms with Crippen molar-refractivity contribution in [3.63, 3.8) is 0 Å². The van der Waals surface area contributed by atoms with Crippen molar-refractivity contribution >= 4 is 18.2 Å². The molecule has 4 heteroatoms. The Kier molecular flexibility index (Phi) is 5.46. The molecule has 0 radical (unpaired) electrons. The van der Waals surface area contributed by atoms with E-state index in [2.05, 4.69) is 10.6 Å². The second-order valence-electron chi connectivity index (χ2n) is 2.53. The fourth-order valence-electron chi connectivity index (χ4n) is 1.13. The van der Waals surface area contributed by atoms with Crippen molar-refractivity contribution in [1.82, 2.24) is 10.6 Å². The normalized spacial score (nSPS) is 23.9. The number of hydrogen-bond acceptors (Lipinski definition) is 3. The molecule has 0 saturated carbocycles. The maximum atomic E-state index is 11.1. The zero-order valence-electron chi connectivity index (χ0n) is 6.72. The molecule has 1 saturated heterocycles. The summed E-state index contributed by atoms with van der Waals surface area (Å²) in [6.07, 6.45) is 0.638. The van der Waals surface area contributed by atoms with Crippen LogP contribution in [0.25, 0.3) is 0 Å². The largest absolute Gasteiger partial charge is 0.313 e. The molecule has 1 fully saturated rings. The van der Waals surface area contributed by atoms with E-state index < -0.39 is 0 Å². The van der Waals surface area contributed by atoms with Crippen LogP contribution in [-0.2, 0) is 4.79 Å². The molecule has 0 bridgehead atoms. The van der Waals surface area contributed by atoms with Crippen molar-refractivity contribution < 1.29 is 4.79 Å². The Labute approximate surface area is 73.3 Å². The Morgan fingerprint density at radius 3 is 2.73 bits per heavy atom. The lowest BCUT2D eigenvalue weighted by molar-refractivity contribution is -0.120. The van der Waals surface area contributed by atoms with Gasteiger partial charge in [0.1, 0.15) is 0 Å². The minimum Gasteiger partial charge on any atom is -0.313 e. The average molecular weight is 179 g/mol. The third-order valence-electron chi connectivity index (χ3n) is 1.78. The summed E-state index contributed by atoms with van der Waals surface area (Å²) >= 11 is 0. The maximum Gasteiger partial charge on any atom is 0.150 e. The molecule has 1 rings (SSSR count). The molecule has 0 unspecified atom stereocenters. The molecule has 2 N–H and O–H groups in total. The molecule has 0 aromatic heterocycles. The van der Waals surface area contributed by atoms with E-state index in [0.717, 1.165) is 19.6 Å². The van der Waals surface area contributed by atoms with Crippen LogP contribution < -0.4 is 10.6 Å². The van der Waals surface area contributed by atoms with Crippen LogP contribution in [0, 0.1) is 0 Å². The van der Waals surface area contributed by atoms with Crippen LogP contribution in [0.15, 0.2) is 0 Å². The number of halogens is 1. The number of nitrogens with one attached hydrogen (secondary N) is 2. The van der Waals surface area contributed by atoms with Crippen molar-refractivity contribution in [1.29, 1.82) is 0 Å². The lowest BCUT2D eigenvalue weighted by atomic mass is 10.1. The molecule has 0 aliphatic carbocycles. The number of Topliss-reactive ketones (excluding diaryl/α,β-unsaturated/α-hetero) is 1. The van der Waals surface area contributed by atoms with Crippen LogP contribution in [0.2, 0.25) is 0 Å². The third-order valence-corrected chi connectivity index (χ3v) is 1.78. The van der Waals surface area contributed by atoms with Crippen molar-refractivity contribution in [3.8, 4) is 0 Å². The summed E-state index contributed by atoms with van der Waals surface area (Å²) in [5.74, 6) is 0.312. The van der Waals surface area contributed by atoms with Gasteiger partial charge in [-0.3, -0.25) is 4.79 Å². The summed E-state index contributed by atoms with van der Waals surface area (Å²) < 4.78 is 0. The van der Waals surface area contributed by atoms with Crippen molar-refractivity contribution in [2.45, 2.75) is 19.4 Å². The summed E-state index contributed by atoms with van der Waals surface area (Å²) in [6.45, 7) is 4.59. The van der Waals surface area contributed by atoms with Crippen molar-refractivity contribution in [2.75, 3.05) is 19.6 Å². The van der Waals surface area contributed by atoms with Gasteiger partial charge in [-0.1, -0.05) is 6.92 Å². The van der Waals surface area contributed by atoms with E-state index in [0.29, 0.717) is 12.2 Å². The van der Waals surface area contributed by atoms with E-state index in [1.165, 1.54) is 0 Å². The molecule has 0 aromatic rings. The van der Waals surface area contributed by atoms with Crippen LogP contribution in [0.1, 0.15) is 13.3 Å². The SMILES string of the molecule is CCC(=O)[C@@H]1CNCCN1.Cl. The number of carbonyl (C=O) groups is 1. The first-order chi connectivity index (χ1) is 4.84. The second-order valence-corrected chi connectivity index (χ2v) is 2.53. The van der Waals surface area contributed by atoms with Gasteiger partial charge in [-0.2, -0.15) is 0 Å². The Morgan fingerprint density at radius 2 is 2.27 bits per heavy atom. The lowest BCUT2D eigenvalue weighted by Crippen LogP contribution is -2.52. The van der Waals surface area contributed by atoms with Crippen LogP contribution in [-0.4, -0.2) is 31.5 Å². The van der Waals surface area contributed by atoms with E-state index in [1.807, 2.05) is 6.92 Å². The smallest absolute Gasteiger partial charge is 0.150 e. The van der Waals surface area contributed by atoms with Crippen LogP contribution in [0.4, 0.5) is 0 Å². The molecule has 0 spiro atoms. The number of rotatable bonds is 2. The van der Waals surface area contributed by atoms with Crippen molar-refractivity contribution in [2.24, 2.45) is 0 Å². The predicted molar refractivity (Wildman–Crippen MR) is 47.2 cm³/mol. The van der Waals surface area contributed by atoms with Gasteiger partial charge >= 0.3 is 0 Å². The monoisotopic (exact) mass is 178 g/mol. The highest BCUT2D eigenvalue weighted by atomic mass is 35.5. The number of hydrogen-bond donors (Lipinski definition) is 2. The van der Waals surface area contributed by atoms with Gasteiger partial charge in [0.25, 0.3) is 0 Å². The fraction of sp³-hybridized carbons (Fsp3) is 0.857. The summed E-state index contributed by atoms with van der Waals surface area (Å²) in [6, 6.07) is 0.0683. The van der Waals surface area contributed by atoms with E-state index in [1.54, 1.807) is 0 Å². The van der Waals surface area contributed by atoms with E-state index >= 15 is 0 Å². The van der Waals surface area contributed by atoms with Gasteiger partial charge in [-0.25, -0.2) is 0 Å². The fourth-order valence-corrected chi connectivity index (χ4v) is 1.13. The first kappa shape index (κ1) is 10.9. The molecule has 1 aliphatic heterocycles. The van der Waals surface area contributed by atoms with E-state index in [9.17, 15) is 4.79 Å². The molecule has 3 nitrogen and oxygen atoms in total. The summed E-state index contributed by atoms with van der Waals surface area (Å²) in [5, 5.41) is 6.32. The van der Waals surface area contributed by atoms with Crippen molar-refractivity contribution in [3.05, 3.63) is 0 Å². The first-order valence-electron chi connectivity index (χ1n) is 3.81. The highest BCUT2D eigenvalue weighted by molar-refractivity contribution is 5.85. The highest BCUT2D eigenvalue weighted by Gasteiger charge is 2.17. The first-order valence-corrected chi connectivity index (χ1v) is 3.81. The summed E-state index contributed by atoms with van der Waals surface area (Å²) in [7, 11) is 0. The van der Waals surface area contributed by atoms with Crippen LogP contribution >= 0.6 is 12.4 Å². The van der Waals surface area contributed by atoms with E-state index in [-0.39, 0.29) is 18.4 Å². The van der Waals surface area contributed by atoms with Crippen LogP contribution in [0.5, 0.6) is 0 Å². The molecular formula is C7H15ClN2O. The molecule has 0 aromatic carbocycles. The quantitative estimate of drug-likeness (QED) is 0.623. The van der Waals surface area contributed by atoms with Gasteiger partial charge < -0.3 is 10.6 Å². The predicted octanol–water partition coefficient (Wildman–Crippen LogP) is -0.0513. The van der Waals surface area contributed by atoms with Gasteiger partial charge in [0.15, 0.2) is 5.78 Å². The van der Waals surface area contributed by atoms with Gasteiger partial charge in [0.05, 0.1) is 6.04 Å². The molecule has 1 atom stereocenters. The topological polar surface area (TPSA) is 41.1 Å². The molecule has 1 heterocycles. The summed E-state index contributed by atoms with van der Waals surface area (Å²) in [4.78, 5) is 11.1. The Balaban J connectivity index is 0.000001000. The van der Waals surface area contributed by atoms with Gasteiger partial charge in [-0.15, -0.1) is 12.4 Å². The standard InChI is InChI=1S/C7H14N2O.ClH/c1-2-7(10)6-5-8-3-4-9-6;/h6,8-9H,2-5H2,1H3;1H/t6-;/m0./s1. The average Bonchev–Trinajstić information content (AvgIpc) is 2.05. The third kappa shape index (κ3) is 3.18. The van der Waals surface area contributed by atoms with Gasteiger partial charge in [0, 0.05) is 26.1 Å². The molecular weight excluding hydrogens is 164 g/mol. The zero-order chi connectivity index (χ0) is 7.40. The minimum atomic E-state index is 0. The number of ketones is 1. The molecule has 11 heavy (non-hydrogen) atoms. The van der Waals surface area contributed by atoms with Gasteiger partial charge in [-0.05, 0) is 0 Å². The maximum absolute atomic E-state index is 11.1. The molecule has 0 amide bonds. The second kappa shape index (κ2) is 5.52. The Morgan fingerprint density at radius 1 is 1.55 bits per heavy atom. The Hall–Kier alpha value is -0.120. The zero-order valence-corrected chi connectivity index (χ0v) is 7.54. The number of carbonyl (C=O) groups excluding carboxylic acids is 1. The highest BCUT2D eigenvalue weighted by Crippen LogP contribution is 1.92. The van der Waals surface area contributed by atoms with E-state index in [4.69, 9.17) is 0 Å². The Bertz CT molecular complexity index is 124. The minimum absolute atomic E-state index is 0. The van der Waals surface area contributed by atoms with Gasteiger partial charge in [0.2, 0.25) is 0 Å².